The molecule has 0 aliphatic heterocycles. The minimum absolute atomic E-state index is 0.0922. The highest BCUT2D eigenvalue weighted by molar-refractivity contribution is 5.12. The summed E-state index contributed by atoms with van der Waals surface area (Å²) in [6.45, 7) is 7.23. The summed E-state index contributed by atoms with van der Waals surface area (Å²) >= 11 is 0. The minimum atomic E-state index is -0.0922. The molecule has 0 radical (unpaired) electrons. The predicted molar refractivity (Wildman–Crippen MR) is 76.7 cm³/mol. The van der Waals surface area contributed by atoms with E-state index in [-0.39, 0.29) is 6.04 Å². The number of aryl methyl sites for hydroxylation is 1. The van der Waals surface area contributed by atoms with Crippen molar-refractivity contribution in [3.63, 3.8) is 0 Å². The molecular weight excluding hydrogens is 254 g/mol. The van der Waals surface area contributed by atoms with Crippen molar-refractivity contribution in [3.8, 4) is 0 Å². The molecule has 0 bridgehead atoms. The van der Waals surface area contributed by atoms with Gasteiger partial charge in [0.1, 0.15) is 23.7 Å². The highest BCUT2D eigenvalue weighted by Crippen LogP contribution is 2.20. The molecule has 0 spiro atoms. The first-order valence-electron chi connectivity index (χ1n) is 7.05. The molecule has 0 saturated heterocycles. The van der Waals surface area contributed by atoms with Crippen LogP contribution < -0.4 is 11.3 Å². The van der Waals surface area contributed by atoms with Crippen molar-refractivity contribution >= 4 is 0 Å². The fourth-order valence-corrected chi connectivity index (χ4v) is 2.14. The Morgan fingerprint density at radius 2 is 2.20 bits per heavy atom. The molecular formula is C14H23N5O. The third kappa shape index (κ3) is 3.46. The van der Waals surface area contributed by atoms with E-state index in [1.807, 2.05) is 16.8 Å². The molecule has 2 heterocycles. The summed E-state index contributed by atoms with van der Waals surface area (Å²) in [5.41, 5.74) is 2.80. The van der Waals surface area contributed by atoms with Gasteiger partial charge in [0.25, 0.3) is 0 Å². The smallest absolute Gasteiger partial charge is 0.138 e. The first-order chi connectivity index (χ1) is 9.63. The molecule has 0 aromatic carbocycles. The molecule has 6 nitrogen and oxygen atoms in total. The minimum Gasteiger partial charge on any atom is -0.464 e. The number of rotatable bonds is 7. The summed E-state index contributed by atoms with van der Waals surface area (Å²) in [4.78, 5) is 4.32. The van der Waals surface area contributed by atoms with Gasteiger partial charge in [-0.3, -0.25) is 5.84 Å². The predicted octanol–water partition coefficient (Wildman–Crippen LogP) is 1.84. The number of hydrogen-bond donors (Lipinski definition) is 2. The molecule has 0 amide bonds. The Kier molecular flexibility index (Phi) is 4.92. The Bertz CT molecular complexity index is 531. The van der Waals surface area contributed by atoms with Crippen molar-refractivity contribution in [3.05, 3.63) is 35.8 Å². The van der Waals surface area contributed by atoms with Crippen LogP contribution in [0.15, 0.2) is 22.9 Å². The topological polar surface area (TPSA) is 81.9 Å². The Morgan fingerprint density at radius 3 is 2.80 bits per heavy atom. The van der Waals surface area contributed by atoms with E-state index in [2.05, 4.69) is 36.3 Å². The second-order valence-corrected chi connectivity index (χ2v) is 5.33. The van der Waals surface area contributed by atoms with Gasteiger partial charge in [-0.15, -0.1) is 0 Å². The van der Waals surface area contributed by atoms with Gasteiger partial charge in [0.05, 0.1) is 6.04 Å². The number of nitrogens with two attached hydrogens (primary N) is 1. The molecule has 0 aliphatic rings. The van der Waals surface area contributed by atoms with E-state index in [9.17, 15) is 0 Å². The summed E-state index contributed by atoms with van der Waals surface area (Å²) in [5, 5.41) is 4.27. The zero-order valence-corrected chi connectivity index (χ0v) is 12.3. The van der Waals surface area contributed by atoms with Crippen LogP contribution in [-0.4, -0.2) is 14.8 Å². The molecule has 0 fully saturated rings. The summed E-state index contributed by atoms with van der Waals surface area (Å²) in [6.07, 6.45) is 3.12. The Morgan fingerprint density at radius 1 is 1.40 bits per heavy atom. The molecule has 1 unspecified atom stereocenters. The molecule has 0 aliphatic carbocycles. The Hall–Kier alpha value is -1.66. The van der Waals surface area contributed by atoms with Crippen LogP contribution in [0.3, 0.4) is 0 Å². The highest BCUT2D eigenvalue weighted by Gasteiger charge is 2.18. The molecule has 6 heteroatoms. The SMILES string of the molecule is CCc1ccc(C(Cc2ncnn2CC(C)C)NN)o1. The maximum atomic E-state index is 5.76. The normalized spacial score (nSPS) is 13.1. The average molecular weight is 277 g/mol. The maximum absolute atomic E-state index is 5.76. The highest BCUT2D eigenvalue weighted by atomic mass is 16.3. The molecule has 20 heavy (non-hydrogen) atoms. The number of nitrogens with one attached hydrogen (secondary N) is 1. The van der Waals surface area contributed by atoms with Gasteiger partial charge in [0, 0.05) is 19.4 Å². The molecule has 2 aromatic rings. The summed E-state index contributed by atoms with van der Waals surface area (Å²) < 4.78 is 7.68. The summed E-state index contributed by atoms with van der Waals surface area (Å²) in [6, 6.07) is 3.86. The monoisotopic (exact) mass is 277 g/mol. The second-order valence-electron chi connectivity index (χ2n) is 5.33. The van der Waals surface area contributed by atoms with Crippen LogP contribution in [0, 0.1) is 5.92 Å². The number of hydrogen-bond acceptors (Lipinski definition) is 5. The zero-order chi connectivity index (χ0) is 14.5. The number of furan rings is 1. The van der Waals surface area contributed by atoms with Gasteiger partial charge in [0.2, 0.25) is 0 Å². The first kappa shape index (κ1) is 14.7. The van der Waals surface area contributed by atoms with E-state index < -0.39 is 0 Å². The number of hydrazine groups is 1. The quantitative estimate of drug-likeness (QED) is 0.596. The molecule has 2 aromatic heterocycles. The van der Waals surface area contributed by atoms with E-state index in [1.54, 1.807) is 6.33 Å². The van der Waals surface area contributed by atoms with E-state index >= 15 is 0 Å². The van der Waals surface area contributed by atoms with Crippen molar-refractivity contribution in [1.29, 1.82) is 0 Å². The van der Waals surface area contributed by atoms with E-state index in [0.29, 0.717) is 12.3 Å². The van der Waals surface area contributed by atoms with Crippen LogP contribution in [0.5, 0.6) is 0 Å². The molecule has 1 atom stereocenters. The van der Waals surface area contributed by atoms with Crippen LogP contribution in [0.2, 0.25) is 0 Å². The van der Waals surface area contributed by atoms with Gasteiger partial charge in [-0.25, -0.2) is 15.1 Å². The third-order valence-electron chi connectivity index (χ3n) is 3.20. The fourth-order valence-electron chi connectivity index (χ4n) is 2.14. The van der Waals surface area contributed by atoms with Crippen LogP contribution in [0.25, 0.3) is 0 Å². The van der Waals surface area contributed by atoms with Crippen molar-refractivity contribution in [2.24, 2.45) is 11.8 Å². The lowest BCUT2D eigenvalue weighted by atomic mass is 10.1. The Balaban J connectivity index is 2.12. The van der Waals surface area contributed by atoms with Crippen molar-refractivity contribution in [1.82, 2.24) is 20.2 Å². The van der Waals surface area contributed by atoms with Crippen molar-refractivity contribution in [2.75, 3.05) is 0 Å². The summed E-state index contributed by atoms with van der Waals surface area (Å²) in [5.74, 6) is 8.89. The van der Waals surface area contributed by atoms with Gasteiger partial charge < -0.3 is 4.42 Å². The lowest BCUT2D eigenvalue weighted by Crippen LogP contribution is -2.30. The van der Waals surface area contributed by atoms with E-state index in [4.69, 9.17) is 10.3 Å². The van der Waals surface area contributed by atoms with Crippen molar-refractivity contribution in [2.45, 2.75) is 46.2 Å². The first-order valence-corrected chi connectivity index (χ1v) is 7.05. The summed E-state index contributed by atoms with van der Waals surface area (Å²) in [7, 11) is 0. The lowest BCUT2D eigenvalue weighted by molar-refractivity contribution is 0.382. The van der Waals surface area contributed by atoms with Gasteiger partial charge in [-0.05, 0) is 18.1 Å². The van der Waals surface area contributed by atoms with Gasteiger partial charge in [-0.2, -0.15) is 5.10 Å². The standard InChI is InChI=1S/C14H23N5O/c1-4-11-5-6-13(20-11)12(18-15)7-14-16-9-17-19(14)8-10(2)3/h5-6,9-10,12,18H,4,7-8,15H2,1-3H3. The Labute approximate surface area is 119 Å². The largest absolute Gasteiger partial charge is 0.464 e. The molecule has 0 saturated carbocycles. The zero-order valence-electron chi connectivity index (χ0n) is 12.3. The van der Waals surface area contributed by atoms with Crippen LogP contribution in [0.4, 0.5) is 0 Å². The number of aromatic nitrogens is 3. The van der Waals surface area contributed by atoms with Crippen LogP contribution >= 0.6 is 0 Å². The van der Waals surface area contributed by atoms with Gasteiger partial charge in [0.15, 0.2) is 0 Å². The molecule has 2 rings (SSSR count). The van der Waals surface area contributed by atoms with Crippen molar-refractivity contribution < 1.29 is 4.42 Å². The number of nitrogens with zero attached hydrogens (tertiary/aromatic N) is 3. The van der Waals surface area contributed by atoms with Gasteiger partial charge in [-0.1, -0.05) is 20.8 Å². The van der Waals surface area contributed by atoms with E-state index in [0.717, 1.165) is 30.3 Å². The molecule has 3 N–H and O–H groups in total. The van der Waals surface area contributed by atoms with Crippen LogP contribution in [-0.2, 0) is 19.4 Å². The molecule has 110 valence electrons. The fraction of sp³-hybridized carbons (Fsp3) is 0.571. The maximum Gasteiger partial charge on any atom is 0.138 e. The third-order valence-corrected chi connectivity index (χ3v) is 3.20. The van der Waals surface area contributed by atoms with Crippen LogP contribution in [0.1, 0.15) is 44.2 Å². The van der Waals surface area contributed by atoms with E-state index in [1.165, 1.54) is 0 Å². The second kappa shape index (κ2) is 6.67. The van der Waals surface area contributed by atoms with Gasteiger partial charge >= 0.3 is 0 Å². The lowest BCUT2D eigenvalue weighted by Gasteiger charge is -2.14. The average Bonchev–Trinajstić information content (AvgIpc) is 3.04.